The summed E-state index contributed by atoms with van der Waals surface area (Å²) in [6.45, 7) is 5.98. The Morgan fingerprint density at radius 1 is 0.814 bits per heavy atom. The maximum absolute atomic E-state index is 13.6. The summed E-state index contributed by atoms with van der Waals surface area (Å²) in [6, 6.07) is 24.2. The second-order valence-electron chi connectivity index (χ2n) is 10.7. The van der Waals surface area contributed by atoms with Crippen molar-refractivity contribution in [3.8, 4) is 33.6 Å². The van der Waals surface area contributed by atoms with E-state index in [9.17, 15) is 18.8 Å². The van der Waals surface area contributed by atoms with E-state index in [0.717, 1.165) is 16.7 Å². The quantitative estimate of drug-likeness (QED) is 0.180. The highest BCUT2D eigenvalue weighted by Crippen LogP contribution is 2.38. The molecule has 43 heavy (non-hydrogen) atoms. The SMILES string of the molecule is CNC(=O)c1c(-c2ccc(F)cc2)oc2ccc(-c3ccc(-c4ccccc4NC(C)=O)c(C(=O)NCC(C)C)c3)cc12. The molecule has 0 aliphatic rings. The lowest BCUT2D eigenvalue weighted by Crippen LogP contribution is -2.27. The number of carbonyl (C=O) groups is 3. The van der Waals surface area contributed by atoms with Crippen LogP contribution < -0.4 is 16.0 Å². The van der Waals surface area contributed by atoms with E-state index in [-0.39, 0.29) is 29.5 Å². The summed E-state index contributed by atoms with van der Waals surface area (Å²) in [4.78, 5) is 38.5. The van der Waals surface area contributed by atoms with Crippen LogP contribution >= 0.6 is 0 Å². The number of nitrogens with one attached hydrogen (secondary N) is 3. The maximum Gasteiger partial charge on any atom is 0.255 e. The number of carbonyl (C=O) groups excluding carboxylic acids is 3. The molecule has 0 saturated carbocycles. The molecule has 7 nitrogen and oxygen atoms in total. The van der Waals surface area contributed by atoms with E-state index >= 15 is 0 Å². The van der Waals surface area contributed by atoms with Gasteiger partial charge < -0.3 is 20.4 Å². The fourth-order valence-electron chi connectivity index (χ4n) is 4.99. The molecule has 5 aromatic rings. The van der Waals surface area contributed by atoms with Crippen LogP contribution in [0.3, 0.4) is 0 Å². The van der Waals surface area contributed by atoms with Crippen LogP contribution in [0.25, 0.3) is 44.5 Å². The summed E-state index contributed by atoms with van der Waals surface area (Å²) in [6.07, 6.45) is 0. The van der Waals surface area contributed by atoms with Crippen molar-refractivity contribution in [1.29, 1.82) is 0 Å². The molecular formula is C35H32FN3O4. The number of anilines is 1. The molecule has 0 spiro atoms. The molecular weight excluding hydrogens is 545 g/mol. The number of fused-ring (bicyclic) bond motifs is 1. The molecule has 0 bridgehead atoms. The number of benzene rings is 4. The zero-order valence-electron chi connectivity index (χ0n) is 24.4. The van der Waals surface area contributed by atoms with E-state index in [0.29, 0.717) is 51.2 Å². The molecule has 0 aliphatic heterocycles. The topological polar surface area (TPSA) is 100 Å². The van der Waals surface area contributed by atoms with Gasteiger partial charge in [-0.25, -0.2) is 4.39 Å². The van der Waals surface area contributed by atoms with E-state index in [1.54, 1.807) is 31.3 Å². The number of hydrogen-bond acceptors (Lipinski definition) is 4. The Morgan fingerprint density at radius 3 is 2.19 bits per heavy atom. The van der Waals surface area contributed by atoms with Crippen molar-refractivity contribution in [3.05, 3.63) is 102 Å². The van der Waals surface area contributed by atoms with Gasteiger partial charge in [0.2, 0.25) is 5.91 Å². The Labute approximate surface area is 249 Å². The van der Waals surface area contributed by atoms with Crippen LogP contribution in [-0.4, -0.2) is 31.3 Å². The van der Waals surface area contributed by atoms with E-state index in [4.69, 9.17) is 4.42 Å². The molecule has 0 fully saturated rings. The highest BCUT2D eigenvalue weighted by Gasteiger charge is 2.23. The molecule has 0 radical (unpaired) electrons. The summed E-state index contributed by atoms with van der Waals surface area (Å²) >= 11 is 0. The number of amides is 3. The predicted molar refractivity (Wildman–Crippen MR) is 167 cm³/mol. The summed E-state index contributed by atoms with van der Waals surface area (Å²) in [5, 5.41) is 9.13. The maximum atomic E-state index is 13.6. The van der Waals surface area contributed by atoms with Gasteiger partial charge in [-0.3, -0.25) is 14.4 Å². The lowest BCUT2D eigenvalue weighted by molar-refractivity contribution is -0.114. The first kappa shape index (κ1) is 29.3. The van der Waals surface area contributed by atoms with Gasteiger partial charge in [0.25, 0.3) is 11.8 Å². The molecule has 0 atom stereocenters. The van der Waals surface area contributed by atoms with Crippen LogP contribution in [-0.2, 0) is 4.79 Å². The van der Waals surface area contributed by atoms with Crippen LogP contribution in [0.4, 0.5) is 10.1 Å². The monoisotopic (exact) mass is 577 g/mol. The first-order chi connectivity index (χ1) is 20.7. The van der Waals surface area contributed by atoms with Crippen molar-refractivity contribution < 1.29 is 23.2 Å². The fourth-order valence-corrected chi connectivity index (χ4v) is 4.99. The third kappa shape index (κ3) is 6.18. The van der Waals surface area contributed by atoms with E-state index in [1.165, 1.54) is 19.1 Å². The third-order valence-corrected chi connectivity index (χ3v) is 7.04. The van der Waals surface area contributed by atoms with Crippen LogP contribution in [0.15, 0.2) is 89.3 Å². The van der Waals surface area contributed by atoms with Crippen molar-refractivity contribution in [2.24, 2.45) is 5.92 Å². The molecule has 8 heteroatoms. The number of para-hydroxylation sites is 1. The van der Waals surface area contributed by atoms with E-state index in [1.807, 2.05) is 62.4 Å². The predicted octanol–water partition coefficient (Wildman–Crippen LogP) is 7.28. The van der Waals surface area contributed by atoms with Crippen LogP contribution in [0.2, 0.25) is 0 Å². The lowest BCUT2D eigenvalue weighted by Gasteiger charge is -2.16. The molecule has 3 amide bonds. The molecule has 0 aliphatic carbocycles. The van der Waals surface area contributed by atoms with Gasteiger partial charge in [-0.1, -0.05) is 50.2 Å². The van der Waals surface area contributed by atoms with Gasteiger partial charge >= 0.3 is 0 Å². The van der Waals surface area contributed by atoms with Gasteiger partial charge in [-0.15, -0.1) is 0 Å². The van der Waals surface area contributed by atoms with Crippen molar-refractivity contribution in [2.45, 2.75) is 20.8 Å². The molecule has 1 heterocycles. The molecule has 3 N–H and O–H groups in total. The van der Waals surface area contributed by atoms with Gasteiger partial charge in [0, 0.05) is 48.3 Å². The summed E-state index contributed by atoms with van der Waals surface area (Å²) in [5.74, 6) is -0.587. The van der Waals surface area contributed by atoms with Gasteiger partial charge in [0.1, 0.15) is 17.2 Å². The Kier molecular flexibility index (Phi) is 8.39. The Morgan fingerprint density at radius 2 is 1.49 bits per heavy atom. The highest BCUT2D eigenvalue weighted by molar-refractivity contribution is 6.12. The molecule has 0 unspecified atom stereocenters. The zero-order valence-corrected chi connectivity index (χ0v) is 24.4. The number of rotatable bonds is 8. The first-order valence-corrected chi connectivity index (χ1v) is 14.0. The number of hydrogen-bond donors (Lipinski definition) is 3. The minimum atomic E-state index is -0.389. The van der Waals surface area contributed by atoms with Crippen LogP contribution in [0.1, 0.15) is 41.5 Å². The standard InChI is InChI=1S/C35H32FN3O4/c1-20(2)19-38-34(41)28-17-23(11-15-26(28)27-7-5-6-8-30(27)39-21(3)40)24-12-16-31-29(18-24)32(35(42)37-4)33(43-31)22-9-13-25(36)14-10-22/h5-18,20H,19H2,1-4H3,(H,37,42)(H,38,41)(H,39,40). The second kappa shape index (κ2) is 12.3. The molecule has 4 aromatic carbocycles. The molecule has 1 aromatic heterocycles. The van der Waals surface area contributed by atoms with Crippen molar-refractivity contribution >= 4 is 34.4 Å². The average molecular weight is 578 g/mol. The molecule has 218 valence electrons. The molecule has 0 saturated heterocycles. The third-order valence-electron chi connectivity index (χ3n) is 7.04. The number of halogens is 1. The van der Waals surface area contributed by atoms with Gasteiger partial charge in [-0.05, 0) is 71.1 Å². The minimum Gasteiger partial charge on any atom is -0.455 e. The summed E-state index contributed by atoms with van der Waals surface area (Å²) in [7, 11) is 1.54. The first-order valence-electron chi connectivity index (χ1n) is 14.0. The molecule has 5 rings (SSSR count). The van der Waals surface area contributed by atoms with Gasteiger partial charge in [0.05, 0.1) is 5.56 Å². The van der Waals surface area contributed by atoms with Crippen molar-refractivity contribution in [1.82, 2.24) is 10.6 Å². The number of furan rings is 1. The zero-order chi connectivity index (χ0) is 30.7. The van der Waals surface area contributed by atoms with E-state index < -0.39 is 0 Å². The fraction of sp³-hybridized carbons (Fsp3) is 0.171. The highest BCUT2D eigenvalue weighted by atomic mass is 19.1. The lowest BCUT2D eigenvalue weighted by atomic mass is 9.92. The Bertz CT molecular complexity index is 1840. The largest absolute Gasteiger partial charge is 0.455 e. The second-order valence-corrected chi connectivity index (χ2v) is 10.7. The average Bonchev–Trinajstić information content (AvgIpc) is 3.38. The summed E-state index contributed by atoms with van der Waals surface area (Å²) in [5.41, 5.74) is 5.36. The Hall–Kier alpha value is -5.24. The van der Waals surface area contributed by atoms with Crippen molar-refractivity contribution in [2.75, 3.05) is 18.9 Å². The van der Waals surface area contributed by atoms with E-state index in [2.05, 4.69) is 16.0 Å². The smallest absolute Gasteiger partial charge is 0.255 e. The normalized spacial score (nSPS) is 11.0. The van der Waals surface area contributed by atoms with Crippen molar-refractivity contribution in [3.63, 3.8) is 0 Å². The summed E-state index contributed by atoms with van der Waals surface area (Å²) < 4.78 is 19.7. The van der Waals surface area contributed by atoms with Crippen LogP contribution in [0, 0.1) is 11.7 Å². The minimum absolute atomic E-state index is 0.213. The van der Waals surface area contributed by atoms with Crippen LogP contribution in [0.5, 0.6) is 0 Å². The van der Waals surface area contributed by atoms with Gasteiger partial charge in [-0.2, -0.15) is 0 Å². The van der Waals surface area contributed by atoms with Gasteiger partial charge in [0.15, 0.2) is 0 Å². The Balaban J connectivity index is 1.66.